The van der Waals surface area contributed by atoms with Crippen molar-refractivity contribution in [1.82, 2.24) is 19.7 Å². The maximum Gasteiger partial charge on any atom is 0.222 e. The Morgan fingerprint density at radius 1 is 1.20 bits per heavy atom. The van der Waals surface area contributed by atoms with Crippen LogP contribution >= 0.6 is 0 Å². The monoisotopic (exact) mass is 340 g/mol. The van der Waals surface area contributed by atoms with E-state index >= 15 is 0 Å². The predicted molar refractivity (Wildman–Crippen MR) is 91.8 cm³/mol. The molecule has 132 valence electrons. The van der Waals surface area contributed by atoms with E-state index < -0.39 is 0 Å². The van der Waals surface area contributed by atoms with E-state index in [1.165, 1.54) is 6.42 Å². The van der Waals surface area contributed by atoms with Crippen LogP contribution in [0.5, 0.6) is 0 Å². The van der Waals surface area contributed by atoms with Crippen molar-refractivity contribution < 1.29 is 4.79 Å². The first-order chi connectivity index (χ1) is 12.2. The van der Waals surface area contributed by atoms with Crippen molar-refractivity contribution in [2.45, 2.75) is 69.5 Å². The summed E-state index contributed by atoms with van der Waals surface area (Å²) in [4.78, 5) is 14.5. The highest BCUT2D eigenvalue weighted by Gasteiger charge is 2.40. The number of carbonyl (C=O) groups excluding carboxylic acids is 1. The molecule has 25 heavy (non-hydrogen) atoms. The molecule has 1 fully saturated rings. The molecule has 0 unspecified atom stereocenters. The quantitative estimate of drug-likeness (QED) is 0.746. The van der Waals surface area contributed by atoms with E-state index in [0.717, 1.165) is 57.0 Å². The van der Waals surface area contributed by atoms with E-state index in [1.807, 2.05) is 4.90 Å². The number of fused-ring (bicyclic) bond motifs is 1. The molecule has 4 rings (SSSR count). The fourth-order valence-corrected chi connectivity index (χ4v) is 4.00. The van der Waals surface area contributed by atoms with Gasteiger partial charge in [-0.25, -0.2) is 0 Å². The summed E-state index contributed by atoms with van der Waals surface area (Å²) in [6, 6.07) is 0. The Labute approximate surface area is 147 Å². The molecule has 0 bridgehead atoms. The fraction of sp³-hybridized carbons (Fsp3) is 0.722. The van der Waals surface area contributed by atoms with Gasteiger partial charge in [-0.05, 0) is 19.3 Å². The van der Waals surface area contributed by atoms with Gasteiger partial charge in [-0.15, -0.1) is 22.5 Å². The molecule has 1 saturated heterocycles. The van der Waals surface area contributed by atoms with E-state index in [1.54, 1.807) is 0 Å². The van der Waals surface area contributed by atoms with Gasteiger partial charge in [0.2, 0.25) is 5.91 Å². The molecule has 3 aliphatic heterocycles. The number of rotatable bonds is 6. The van der Waals surface area contributed by atoms with Crippen molar-refractivity contribution in [3.05, 3.63) is 11.6 Å². The first kappa shape index (κ1) is 16.2. The van der Waals surface area contributed by atoms with Gasteiger partial charge in [0.05, 0.1) is 0 Å². The summed E-state index contributed by atoms with van der Waals surface area (Å²) >= 11 is 0. The number of hydrogen-bond donors (Lipinski definition) is 0. The Bertz CT molecular complexity index is 716. The normalized spacial score (nSPS) is 21.2. The van der Waals surface area contributed by atoms with Crippen LogP contribution in [0.4, 0.5) is 0 Å². The third kappa shape index (κ3) is 3.30. The lowest BCUT2D eigenvalue weighted by molar-refractivity contribution is -0.132. The number of amides is 1. The van der Waals surface area contributed by atoms with Crippen molar-refractivity contribution in [2.75, 3.05) is 13.1 Å². The zero-order chi connectivity index (χ0) is 17.3. The second kappa shape index (κ2) is 6.58. The van der Waals surface area contributed by atoms with Crippen molar-refractivity contribution >= 4 is 5.91 Å². The first-order valence-electron chi connectivity index (χ1n) is 9.28. The smallest absolute Gasteiger partial charge is 0.222 e. The third-order valence-electron chi connectivity index (χ3n) is 5.64. The molecule has 4 heterocycles. The van der Waals surface area contributed by atoms with Crippen molar-refractivity contribution in [2.24, 2.45) is 10.2 Å². The number of piperidine rings is 1. The Morgan fingerprint density at radius 3 is 2.72 bits per heavy atom. The highest BCUT2D eigenvalue weighted by molar-refractivity contribution is 5.76. The summed E-state index contributed by atoms with van der Waals surface area (Å²) in [6.45, 7) is 2.65. The van der Waals surface area contributed by atoms with Crippen LogP contribution in [-0.4, -0.2) is 44.3 Å². The average molecular weight is 340 g/mol. The molecular weight excluding hydrogens is 316 g/mol. The molecule has 0 atom stereocenters. The molecule has 1 amide bonds. The molecule has 7 nitrogen and oxygen atoms in total. The molecular formula is C18H24N6O. The Balaban J connectivity index is 1.26. The van der Waals surface area contributed by atoms with Gasteiger partial charge in [-0.3, -0.25) is 4.79 Å². The van der Waals surface area contributed by atoms with Crippen LogP contribution < -0.4 is 0 Å². The Kier molecular flexibility index (Phi) is 4.28. The number of aromatic nitrogens is 3. The molecule has 3 aliphatic rings. The predicted octanol–water partition coefficient (Wildman–Crippen LogP) is 2.29. The molecule has 0 N–H and O–H groups in total. The van der Waals surface area contributed by atoms with E-state index in [4.69, 9.17) is 6.42 Å². The minimum absolute atomic E-state index is 0.210. The van der Waals surface area contributed by atoms with E-state index in [9.17, 15) is 4.79 Å². The highest BCUT2D eigenvalue weighted by atomic mass is 16.2. The zero-order valence-corrected chi connectivity index (χ0v) is 14.5. The molecule has 7 heteroatoms. The van der Waals surface area contributed by atoms with Crippen LogP contribution in [0.1, 0.15) is 62.5 Å². The van der Waals surface area contributed by atoms with Gasteiger partial charge in [0.15, 0.2) is 5.66 Å². The average Bonchev–Trinajstić information content (AvgIpc) is 3.06. The SMILES string of the molecule is C#CCCC1(CCC(=O)N2CCC(c3nnc4n3CCC4)CC2)N=N1. The van der Waals surface area contributed by atoms with Gasteiger partial charge in [-0.1, -0.05) is 0 Å². The van der Waals surface area contributed by atoms with Crippen molar-refractivity contribution in [3.63, 3.8) is 0 Å². The molecule has 1 aromatic rings. The van der Waals surface area contributed by atoms with E-state index in [2.05, 4.69) is 30.9 Å². The number of terminal acetylenes is 1. The second-order valence-corrected chi connectivity index (χ2v) is 7.27. The summed E-state index contributed by atoms with van der Waals surface area (Å²) in [5.74, 6) is 5.52. The van der Waals surface area contributed by atoms with Gasteiger partial charge in [0.25, 0.3) is 0 Å². The van der Waals surface area contributed by atoms with Crippen LogP contribution in [0.15, 0.2) is 10.2 Å². The lowest BCUT2D eigenvalue weighted by Gasteiger charge is -2.31. The van der Waals surface area contributed by atoms with Crippen LogP contribution in [0, 0.1) is 12.3 Å². The fourth-order valence-electron chi connectivity index (χ4n) is 4.00. The lowest BCUT2D eigenvalue weighted by Crippen LogP contribution is -2.38. The highest BCUT2D eigenvalue weighted by Crippen LogP contribution is 2.38. The molecule has 0 aliphatic carbocycles. The number of aryl methyl sites for hydroxylation is 1. The summed E-state index contributed by atoms with van der Waals surface area (Å²) in [5, 5.41) is 16.9. The first-order valence-corrected chi connectivity index (χ1v) is 9.28. The zero-order valence-electron chi connectivity index (χ0n) is 14.5. The van der Waals surface area contributed by atoms with Crippen molar-refractivity contribution in [3.8, 4) is 12.3 Å². The summed E-state index contributed by atoms with van der Waals surface area (Å²) in [6.07, 6.45) is 12.1. The van der Waals surface area contributed by atoms with Gasteiger partial charge in [-0.2, -0.15) is 10.2 Å². The molecule has 0 radical (unpaired) electrons. The summed E-state index contributed by atoms with van der Waals surface area (Å²) in [5.41, 5.74) is -0.359. The van der Waals surface area contributed by atoms with Gasteiger partial charge >= 0.3 is 0 Å². The van der Waals surface area contributed by atoms with Crippen LogP contribution in [-0.2, 0) is 17.8 Å². The molecule has 0 aromatic carbocycles. The maximum absolute atomic E-state index is 12.5. The maximum atomic E-state index is 12.5. The Hall–Kier alpha value is -2.23. The summed E-state index contributed by atoms with van der Waals surface area (Å²) < 4.78 is 2.29. The van der Waals surface area contributed by atoms with Crippen molar-refractivity contribution in [1.29, 1.82) is 0 Å². The second-order valence-electron chi connectivity index (χ2n) is 7.27. The standard InChI is InChI=1S/C18H24N6O/c1-2-3-9-18(21-22-18)10-6-16(25)23-12-7-14(8-13-23)17-20-19-15-5-4-11-24(15)17/h1,14H,3-13H2. The van der Waals surface area contributed by atoms with Gasteiger partial charge in [0.1, 0.15) is 11.6 Å². The van der Waals surface area contributed by atoms with Crippen LogP contribution in [0.25, 0.3) is 0 Å². The molecule has 1 aromatic heterocycles. The van der Waals surface area contributed by atoms with E-state index in [0.29, 0.717) is 25.2 Å². The molecule has 0 saturated carbocycles. The minimum Gasteiger partial charge on any atom is -0.343 e. The topological polar surface area (TPSA) is 75.7 Å². The molecule has 0 spiro atoms. The number of carbonyl (C=O) groups is 1. The Morgan fingerprint density at radius 2 is 2.00 bits per heavy atom. The minimum atomic E-state index is -0.359. The van der Waals surface area contributed by atoms with Gasteiger partial charge < -0.3 is 9.47 Å². The summed E-state index contributed by atoms with van der Waals surface area (Å²) in [7, 11) is 0. The third-order valence-corrected chi connectivity index (χ3v) is 5.64. The van der Waals surface area contributed by atoms with Crippen LogP contribution in [0.3, 0.4) is 0 Å². The number of likely N-dealkylation sites (tertiary alicyclic amines) is 1. The van der Waals surface area contributed by atoms with Crippen LogP contribution in [0.2, 0.25) is 0 Å². The van der Waals surface area contributed by atoms with Gasteiger partial charge in [0, 0.05) is 57.7 Å². The number of hydrogen-bond acceptors (Lipinski definition) is 5. The lowest BCUT2D eigenvalue weighted by atomic mass is 9.95. The van der Waals surface area contributed by atoms with E-state index in [-0.39, 0.29) is 11.6 Å². The largest absolute Gasteiger partial charge is 0.343 e. The number of nitrogens with zero attached hydrogens (tertiary/aromatic N) is 6.